The van der Waals surface area contributed by atoms with Gasteiger partial charge in [-0.1, -0.05) is 78.1 Å². The standard InChI is InChI=1S/C17H34OS/c1-4-6-7-8-9-10-11-12-13-14-15-16(5-2)17(19)18-3/h16H,4-15H2,1-3H3. The highest BCUT2D eigenvalue weighted by atomic mass is 32.1. The summed E-state index contributed by atoms with van der Waals surface area (Å²) in [6.07, 6.45) is 16.3. The highest BCUT2D eigenvalue weighted by Crippen LogP contribution is 2.17. The van der Waals surface area contributed by atoms with Gasteiger partial charge in [-0.15, -0.1) is 0 Å². The third kappa shape index (κ3) is 11.4. The summed E-state index contributed by atoms with van der Waals surface area (Å²) >= 11 is 5.22. The Morgan fingerprint density at radius 3 is 1.74 bits per heavy atom. The summed E-state index contributed by atoms with van der Waals surface area (Å²) in [7, 11) is 1.70. The first-order valence-electron chi connectivity index (χ1n) is 8.34. The molecule has 0 aliphatic rings. The van der Waals surface area contributed by atoms with Gasteiger partial charge in [0.25, 0.3) is 0 Å². The van der Waals surface area contributed by atoms with Crippen LogP contribution >= 0.6 is 12.2 Å². The van der Waals surface area contributed by atoms with Crippen LogP contribution in [0.1, 0.15) is 90.9 Å². The quantitative estimate of drug-likeness (QED) is 0.290. The number of rotatable bonds is 13. The lowest BCUT2D eigenvalue weighted by Gasteiger charge is -2.14. The lowest BCUT2D eigenvalue weighted by Crippen LogP contribution is -2.13. The fraction of sp³-hybridized carbons (Fsp3) is 0.941. The summed E-state index contributed by atoms with van der Waals surface area (Å²) in [5.74, 6) is 0.494. The van der Waals surface area contributed by atoms with Crippen LogP contribution in [-0.2, 0) is 4.74 Å². The fourth-order valence-electron chi connectivity index (χ4n) is 2.53. The van der Waals surface area contributed by atoms with Crippen molar-refractivity contribution in [3.63, 3.8) is 0 Å². The van der Waals surface area contributed by atoms with Crippen LogP contribution in [0.4, 0.5) is 0 Å². The Hall–Kier alpha value is -0.110. The number of hydrogen-bond donors (Lipinski definition) is 0. The molecule has 1 nitrogen and oxygen atoms in total. The molecule has 1 atom stereocenters. The van der Waals surface area contributed by atoms with Gasteiger partial charge in [-0.25, -0.2) is 0 Å². The van der Waals surface area contributed by atoms with Crippen molar-refractivity contribution >= 4 is 17.3 Å². The van der Waals surface area contributed by atoms with Crippen molar-refractivity contribution in [3.05, 3.63) is 0 Å². The van der Waals surface area contributed by atoms with Gasteiger partial charge < -0.3 is 4.74 Å². The van der Waals surface area contributed by atoms with Crippen LogP contribution in [0.2, 0.25) is 0 Å². The average Bonchev–Trinajstić information content (AvgIpc) is 2.44. The van der Waals surface area contributed by atoms with E-state index >= 15 is 0 Å². The molecule has 0 heterocycles. The van der Waals surface area contributed by atoms with Crippen LogP contribution in [0.3, 0.4) is 0 Å². The van der Waals surface area contributed by atoms with Gasteiger partial charge in [-0.3, -0.25) is 0 Å². The monoisotopic (exact) mass is 286 g/mol. The fourth-order valence-corrected chi connectivity index (χ4v) is 2.82. The van der Waals surface area contributed by atoms with Crippen molar-refractivity contribution < 1.29 is 4.74 Å². The van der Waals surface area contributed by atoms with Crippen molar-refractivity contribution in [1.82, 2.24) is 0 Å². The highest BCUT2D eigenvalue weighted by molar-refractivity contribution is 7.80. The molecule has 0 saturated carbocycles. The Morgan fingerprint density at radius 1 is 0.842 bits per heavy atom. The van der Waals surface area contributed by atoms with Crippen molar-refractivity contribution in [3.8, 4) is 0 Å². The molecule has 0 aliphatic heterocycles. The zero-order valence-electron chi connectivity index (χ0n) is 13.4. The maximum atomic E-state index is 5.22. The minimum Gasteiger partial charge on any atom is -0.490 e. The molecule has 0 bridgehead atoms. The molecule has 0 aromatic carbocycles. The van der Waals surface area contributed by atoms with Crippen LogP contribution in [-0.4, -0.2) is 12.2 Å². The second kappa shape index (κ2) is 14.3. The van der Waals surface area contributed by atoms with Gasteiger partial charge in [0.2, 0.25) is 0 Å². The zero-order chi connectivity index (χ0) is 14.3. The van der Waals surface area contributed by atoms with Crippen LogP contribution in [0.5, 0.6) is 0 Å². The van der Waals surface area contributed by atoms with E-state index in [1.54, 1.807) is 7.11 Å². The highest BCUT2D eigenvalue weighted by Gasteiger charge is 2.11. The molecule has 0 aliphatic carbocycles. The third-order valence-corrected chi connectivity index (χ3v) is 4.43. The van der Waals surface area contributed by atoms with Gasteiger partial charge in [-0.05, 0) is 25.1 Å². The van der Waals surface area contributed by atoms with Gasteiger partial charge in [0.15, 0.2) is 5.05 Å². The molecule has 1 unspecified atom stereocenters. The maximum absolute atomic E-state index is 5.22. The van der Waals surface area contributed by atoms with Crippen molar-refractivity contribution in [2.75, 3.05) is 7.11 Å². The third-order valence-electron chi connectivity index (χ3n) is 3.93. The maximum Gasteiger partial charge on any atom is 0.162 e. The van der Waals surface area contributed by atoms with Crippen LogP contribution in [0.15, 0.2) is 0 Å². The first kappa shape index (κ1) is 18.9. The first-order chi connectivity index (χ1) is 9.26. The number of hydrogen-bond acceptors (Lipinski definition) is 2. The second-order valence-electron chi connectivity index (χ2n) is 5.60. The Labute approximate surface area is 126 Å². The minimum absolute atomic E-state index is 0.494. The molecule has 2 heteroatoms. The SMILES string of the molecule is CCCCCCCCCCCCC(CC)C(=S)OC. The summed E-state index contributed by atoms with van der Waals surface area (Å²) in [5, 5.41) is 0.804. The molecule has 0 fully saturated rings. The first-order valence-corrected chi connectivity index (χ1v) is 8.74. The van der Waals surface area contributed by atoms with Crippen molar-refractivity contribution in [2.24, 2.45) is 5.92 Å². The summed E-state index contributed by atoms with van der Waals surface area (Å²) in [6, 6.07) is 0. The second-order valence-corrected chi connectivity index (χ2v) is 6.00. The molecule has 0 N–H and O–H groups in total. The Morgan fingerprint density at radius 2 is 1.32 bits per heavy atom. The van der Waals surface area contributed by atoms with Gasteiger partial charge in [0.05, 0.1) is 7.11 Å². The van der Waals surface area contributed by atoms with Crippen molar-refractivity contribution in [1.29, 1.82) is 0 Å². The number of methoxy groups -OCH3 is 1. The summed E-state index contributed by atoms with van der Waals surface area (Å²) in [5.41, 5.74) is 0. The molecule has 0 radical (unpaired) electrons. The molecule has 0 rings (SSSR count). The largest absolute Gasteiger partial charge is 0.490 e. The number of ether oxygens (including phenoxy) is 1. The smallest absolute Gasteiger partial charge is 0.162 e. The molecule has 0 amide bonds. The molecular formula is C17H34OS. The van der Waals surface area contributed by atoms with Crippen molar-refractivity contribution in [2.45, 2.75) is 90.9 Å². The topological polar surface area (TPSA) is 9.23 Å². The Bertz CT molecular complexity index is 203. The van der Waals surface area contributed by atoms with E-state index in [-0.39, 0.29) is 0 Å². The predicted molar refractivity (Wildman–Crippen MR) is 89.8 cm³/mol. The average molecular weight is 287 g/mol. The number of thiocarbonyl (C=S) groups is 1. The number of unbranched alkanes of at least 4 members (excludes halogenated alkanes) is 9. The lowest BCUT2D eigenvalue weighted by atomic mass is 9.98. The van der Waals surface area contributed by atoms with E-state index in [4.69, 9.17) is 17.0 Å². The van der Waals surface area contributed by atoms with Gasteiger partial charge in [0.1, 0.15) is 0 Å². The van der Waals surface area contributed by atoms with E-state index in [9.17, 15) is 0 Å². The normalized spacial score (nSPS) is 12.4. The molecule has 19 heavy (non-hydrogen) atoms. The van der Waals surface area contributed by atoms with Gasteiger partial charge in [0, 0.05) is 5.92 Å². The Balaban J connectivity index is 3.28. The van der Waals surface area contributed by atoms with E-state index in [2.05, 4.69) is 13.8 Å². The van der Waals surface area contributed by atoms with E-state index in [0.717, 1.165) is 11.5 Å². The van der Waals surface area contributed by atoms with Crippen LogP contribution in [0.25, 0.3) is 0 Å². The van der Waals surface area contributed by atoms with Crippen LogP contribution < -0.4 is 0 Å². The van der Waals surface area contributed by atoms with E-state index < -0.39 is 0 Å². The molecular weight excluding hydrogens is 252 g/mol. The minimum atomic E-state index is 0.494. The molecule has 0 saturated heterocycles. The molecule has 0 aromatic rings. The van der Waals surface area contributed by atoms with Gasteiger partial charge in [-0.2, -0.15) is 0 Å². The van der Waals surface area contributed by atoms with E-state index in [1.165, 1.54) is 70.6 Å². The molecule has 0 spiro atoms. The van der Waals surface area contributed by atoms with E-state index in [1.807, 2.05) is 0 Å². The van der Waals surface area contributed by atoms with Crippen LogP contribution in [0, 0.1) is 5.92 Å². The summed E-state index contributed by atoms with van der Waals surface area (Å²) in [6.45, 7) is 4.48. The molecule has 114 valence electrons. The Kier molecular flexibility index (Phi) is 14.2. The predicted octanol–water partition coefficient (Wildman–Crippen LogP) is 6.30. The lowest BCUT2D eigenvalue weighted by molar-refractivity contribution is 0.364. The van der Waals surface area contributed by atoms with Gasteiger partial charge >= 0.3 is 0 Å². The van der Waals surface area contributed by atoms with E-state index in [0.29, 0.717) is 5.92 Å². The molecule has 0 aromatic heterocycles. The summed E-state index contributed by atoms with van der Waals surface area (Å²) < 4.78 is 5.18. The summed E-state index contributed by atoms with van der Waals surface area (Å²) in [4.78, 5) is 0. The zero-order valence-corrected chi connectivity index (χ0v) is 14.2.